The van der Waals surface area contributed by atoms with Crippen molar-refractivity contribution >= 4 is 56.7 Å². The molecule has 0 saturated heterocycles. The number of ether oxygens (including phenoxy) is 1. The van der Waals surface area contributed by atoms with Gasteiger partial charge in [-0.05, 0) is 65.2 Å². The third-order valence-corrected chi connectivity index (χ3v) is 7.09. The van der Waals surface area contributed by atoms with Crippen LogP contribution in [0.15, 0.2) is 146 Å². The maximum atomic E-state index is 12.5. The van der Waals surface area contributed by atoms with Crippen molar-refractivity contribution in [3.8, 4) is 5.75 Å². The molecule has 0 unspecified atom stereocenters. The number of rotatable bonds is 7. The summed E-state index contributed by atoms with van der Waals surface area (Å²) in [7, 11) is 0. The van der Waals surface area contributed by atoms with Crippen molar-refractivity contribution in [2.75, 3.05) is 4.90 Å². The molecule has 0 N–H and O–H groups in total. The molecule has 0 saturated carbocycles. The quantitative estimate of drug-likeness (QED) is 0.0675. The van der Waals surface area contributed by atoms with Crippen LogP contribution >= 0.6 is 0 Å². The largest absolute Gasteiger partial charge is 0.422 e. The predicted molar refractivity (Wildman–Crippen MR) is 172 cm³/mol. The highest BCUT2D eigenvalue weighted by atomic mass is 16.5. The van der Waals surface area contributed by atoms with E-state index in [4.69, 9.17) is 4.74 Å². The molecule has 0 amide bonds. The molecule has 0 heterocycles. The van der Waals surface area contributed by atoms with E-state index in [0.717, 1.165) is 49.7 Å². The third-order valence-electron chi connectivity index (χ3n) is 7.09. The lowest BCUT2D eigenvalue weighted by Gasteiger charge is -2.25. The molecule has 0 aliphatic heterocycles. The average molecular weight is 532 g/mol. The number of anilines is 3. The summed E-state index contributed by atoms with van der Waals surface area (Å²) >= 11 is 0. The molecule has 6 rings (SSSR count). The van der Waals surface area contributed by atoms with Crippen LogP contribution in [0.5, 0.6) is 5.75 Å². The predicted octanol–water partition coefficient (Wildman–Crippen LogP) is 10.1. The van der Waals surface area contributed by atoms with Crippen LogP contribution in [0.4, 0.5) is 17.1 Å². The zero-order chi connectivity index (χ0) is 28.2. The Morgan fingerprint density at radius 1 is 0.585 bits per heavy atom. The molecule has 6 aromatic rings. The Balaban J connectivity index is 1.40. The van der Waals surface area contributed by atoms with Crippen LogP contribution < -0.4 is 9.64 Å². The van der Waals surface area contributed by atoms with Crippen molar-refractivity contribution in [1.29, 1.82) is 0 Å². The summed E-state index contributed by atoms with van der Waals surface area (Å²) in [6, 6.07) is 45.4. The van der Waals surface area contributed by atoms with Crippen LogP contribution in [0.2, 0.25) is 0 Å². The number of carbonyl (C=O) groups excluding carboxylic acids is 1. The number of hydrogen-bond acceptors (Lipinski definition) is 3. The summed E-state index contributed by atoms with van der Waals surface area (Å²) in [5.41, 5.74) is 5.81. The van der Waals surface area contributed by atoms with Gasteiger partial charge in [0.05, 0.1) is 0 Å². The fourth-order valence-corrected chi connectivity index (χ4v) is 5.11. The Hall–Kier alpha value is -5.41. The second-order valence-electron chi connectivity index (χ2n) is 9.94. The van der Waals surface area contributed by atoms with Gasteiger partial charge < -0.3 is 9.64 Å². The summed E-state index contributed by atoms with van der Waals surface area (Å²) in [5.74, 6) is 0.136. The summed E-state index contributed by atoms with van der Waals surface area (Å²) < 4.78 is 5.86. The Kier molecular flexibility index (Phi) is 7.17. The van der Waals surface area contributed by atoms with Gasteiger partial charge in [-0.25, -0.2) is 4.79 Å². The van der Waals surface area contributed by atoms with Gasteiger partial charge in [0, 0.05) is 33.4 Å². The Morgan fingerprint density at radius 3 is 1.51 bits per heavy atom. The van der Waals surface area contributed by atoms with Crippen LogP contribution in [-0.4, -0.2) is 5.97 Å². The number of esters is 1. The normalized spacial score (nSPS) is 11.1. The van der Waals surface area contributed by atoms with Crippen molar-refractivity contribution in [3.63, 3.8) is 0 Å². The number of carbonyl (C=O) groups is 1. The van der Waals surface area contributed by atoms with Crippen molar-refractivity contribution in [2.45, 2.75) is 6.92 Å². The minimum atomic E-state index is -0.427. The first-order valence-electron chi connectivity index (χ1n) is 13.6. The lowest BCUT2D eigenvalue weighted by atomic mass is 9.95. The standard InChI is InChI=1S/C38H29NO2/c1-27(2)38(40)41-37-35-19-11-9-17-32(35)34(33-18-10-12-20-36(33)37)26-23-28-21-24-31(25-22-28)39(29-13-5-3-6-14-29)30-15-7-4-8-16-30/h3-26H,1H2,2H3. The third kappa shape index (κ3) is 5.26. The van der Waals surface area contributed by atoms with Crippen LogP contribution in [0.3, 0.4) is 0 Å². The summed E-state index contributed by atoms with van der Waals surface area (Å²) in [4.78, 5) is 14.8. The first-order chi connectivity index (χ1) is 20.1. The van der Waals surface area contributed by atoms with E-state index < -0.39 is 5.97 Å². The number of benzene rings is 6. The molecule has 0 bridgehead atoms. The minimum absolute atomic E-state index is 0.365. The van der Waals surface area contributed by atoms with Gasteiger partial charge in [-0.2, -0.15) is 0 Å². The van der Waals surface area contributed by atoms with Gasteiger partial charge in [-0.3, -0.25) is 0 Å². The molecule has 0 radical (unpaired) electrons. The fourth-order valence-electron chi connectivity index (χ4n) is 5.11. The average Bonchev–Trinajstić information content (AvgIpc) is 3.02. The zero-order valence-corrected chi connectivity index (χ0v) is 22.8. The van der Waals surface area contributed by atoms with E-state index in [1.165, 1.54) is 0 Å². The van der Waals surface area contributed by atoms with Crippen molar-refractivity contribution in [3.05, 3.63) is 157 Å². The molecule has 0 aliphatic rings. The maximum absolute atomic E-state index is 12.5. The molecular formula is C38H29NO2. The zero-order valence-electron chi connectivity index (χ0n) is 22.8. The molecule has 0 aromatic heterocycles. The molecule has 0 fully saturated rings. The number of nitrogens with zero attached hydrogens (tertiary/aromatic N) is 1. The lowest BCUT2D eigenvalue weighted by molar-refractivity contribution is -0.129. The lowest BCUT2D eigenvalue weighted by Crippen LogP contribution is -2.09. The van der Waals surface area contributed by atoms with Gasteiger partial charge in [-0.1, -0.05) is 116 Å². The van der Waals surface area contributed by atoms with E-state index in [2.05, 4.69) is 109 Å². The van der Waals surface area contributed by atoms with E-state index >= 15 is 0 Å². The minimum Gasteiger partial charge on any atom is -0.422 e. The van der Waals surface area contributed by atoms with Gasteiger partial charge in [0.15, 0.2) is 0 Å². The maximum Gasteiger partial charge on any atom is 0.338 e. The van der Waals surface area contributed by atoms with Gasteiger partial charge in [0.1, 0.15) is 5.75 Å². The fraction of sp³-hybridized carbons (Fsp3) is 0.0263. The molecule has 6 aromatic carbocycles. The van der Waals surface area contributed by atoms with Crippen LogP contribution in [0.25, 0.3) is 33.7 Å². The van der Waals surface area contributed by atoms with E-state index in [9.17, 15) is 4.79 Å². The van der Waals surface area contributed by atoms with Crippen LogP contribution in [0, 0.1) is 0 Å². The Morgan fingerprint density at radius 2 is 1.02 bits per heavy atom. The summed E-state index contributed by atoms with van der Waals surface area (Å²) in [6.07, 6.45) is 4.28. The molecule has 0 spiro atoms. The highest BCUT2D eigenvalue weighted by Crippen LogP contribution is 2.40. The molecule has 3 nitrogen and oxygen atoms in total. The van der Waals surface area contributed by atoms with Gasteiger partial charge >= 0.3 is 5.97 Å². The van der Waals surface area contributed by atoms with E-state index in [1.807, 2.05) is 48.5 Å². The Bertz CT molecular complexity index is 1790. The van der Waals surface area contributed by atoms with Gasteiger partial charge in [0.25, 0.3) is 0 Å². The number of para-hydroxylation sites is 2. The van der Waals surface area contributed by atoms with Gasteiger partial charge in [0.2, 0.25) is 0 Å². The highest BCUT2D eigenvalue weighted by Gasteiger charge is 2.17. The highest BCUT2D eigenvalue weighted by molar-refractivity contribution is 6.14. The van der Waals surface area contributed by atoms with E-state index in [-0.39, 0.29) is 0 Å². The van der Waals surface area contributed by atoms with Crippen molar-refractivity contribution in [1.82, 2.24) is 0 Å². The topological polar surface area (TPSA) is 29.5 Å². The van der Waals surface area contributed by atoms with Crippen molar-refractivity contribution in [2.24, 2.45) is 0 Å². The smallest absolute Gasteiger partial charge is 0.338 e. The second kappa shape index (κ2) is 11.4. The van der Waals surface area contributed by atoms with Crippen LogP contribution in [0.1, 0.15) is 18.1 Å². The van der Waals surface area contributed by atoms with Gasteiger partial charge in [-0.15, -0.1) is 0 Å². The molecule has 0 atom stereocenters. The van der Waals surface area contributed by atoms with Crippen LogP contribution in [-0.2, 0) is 4.79 Å². The first kappa shape index (κ1) is 25.8. The molecule has 41 heavy (non-hydrogen) atoms. The second-order valence-corrected chi connectivity index (χ2v) is 9.94. The molecular weight excluding hydrogens is 502 g/mol. The first-order valence-corrected chi connectivity index (χ1v) is 13.6. The number of hydrogen-bond donors (Lipinski definition) is 0. The number of fused-ring (bicyclic) bond motifs is 2. The van der Waals surface area contributed by atoms with E-state index in [0.29, 0.717) is 11.3 Å². The summed E-state index contributed by atoms with van der Waals surface area (Å²) in [5, 5.41) is 3.81. The molecule has 0 aliphatic carbocycles. The van der Waals surface area contributed by atoms with E-state index in [1.54, 1.807) is 6.92 Å². The monoisotopic (exact) mass is 531 g/mol. The summed E-state index contributed by atoms with van der Waals surface area (Å²) in [6.45, 7) is 5.42. The molecule has 198 valence electrons. The molecule has 3 heteroatoms. The SMILES string of the molecule is C=C(C)C(=O)Oc1c2ccccc2c(C=Cc2ccc(N(c3ccccc3)c3ccccc3)cc2)c2ccccc12. The van der Waals surface area contributed by atoms with Crippen molar-refractivity contribution < 1.29 is 9.53 Å². The Labute approximate surface area is 240 Å².